The maximum Gasteiger partial charge on any atom is 0.326 e. The summed E-state index contributed by atoms with van der Waals surface area (Å²) in [6.45, 7) is -0.0607. The number of aliphatic carboxylic acids is 1. The number of nitrogens with zero attached hydrogens (tertiary/aromatic N) is 1. The van der Waals surface area contributed by atoms with Gasteiger partial charge in [-0.1, -0.05) is 0 Å². The van der Waals surface area contributed by atoms with E-state index in [-0.39, 0.29) is 32.7 Å². The topological polar surface area (TPSA) is 142 Å². The van der Waals surface area contributed by atoms with Gasteiger partial charge in [0, 0.05) is 19.5 Å². The molecule has 0 aromatic carbocycles. The van der Waals surface area contributed by atoms with Crippen LogP contribution in [0.5, 0.6) is 0 Å². The van der Waals surface area contributed by atoms with E-state index in [0.717, 1.165) is 4.90 Å². The second-order valence-electron chi connectivity index (χ2n) is 4.15. The van der Waals surface area contributed by atoms with Crippen LogP contribution in [0.25, 0.3) is 0 Å². The number of likely N-dealkylation sites (tertiary alicyclic amines) is 1. The fourth-order valence-electron chi connectivity index (χ4n) is 1.78. The minimum absolute atomic E-state index is 0.0148. The van der Waals surface area contributed by atoms with Crippen LogP contribution in [-0.2, 0) is 14.3 Å². The van der Waals surface area contributed by atoms with Gasteiger partial charge in [0.15, 0.2) is 0 Å². The Labute approximate surface area is 109 Å². The molecule has 0 saturated carbocycles. The number of carboxylic acids is 1. The molecule has 9 heteroatoms. The summed E-state index contributed by atoms with van der Waals surface area (Å²) < 4.78 is 4.83. The molecule has 19 heavy (non-hydrogen) atoms. The van der Waals surface area contributed by atoms with Gasteiger partial charge in [0.1, 0.15) is 12.6 Å². The summed E-state index contributed by atoms with van der Waals surface area (Å²) in [6.07, 6.45) is -0.820. The Bertz CT molecular complexity index is 361. The fourth-order valence-corrected chi connectivity index (χ4v) is 1.78. The zero-order valence-corrected chi connectivity index (χ0v) is 10.2. The zero-order chi connectivity index (χ0) is 14.4. The number of aliphatic hydroxyl groups excluding tert-OH is 1. The number of rotatable bonds is 6. The number of nitrogens with one attached hydrogen (secondary N) is 1. The number of ether oxygens (including phenoxy) is 1. The minimum atomic E-state index is -1.16. The molecule has 0 radical (unpaired) electrons. The highest BCUT2D eigenvalue weighted by atomic mass is 16.5. The van der Waals surface area contributed by atoms with E-state index in [0.29, 0.717) is 0 Å². The summed E-state index contributed by atoms with van der Waals surface area (Å²) in [5.41, 5.74) is 4.85. The first kappa shape index (κ1) is 15.2. The predicted octanol–water partition coefficient (Wildman–Crippen LogP) is -2.28. The highest BCUT2D eigenvalue weighted by molar-refractivity contribution is 5.83. The van der Waals surface area contributed by atoms with Gasteiger partial charge in [-0.15, -0.1) is 0 Å². The van der Waals surface area contributed by atoms with Crippen LogP contribution in [0.15, 0.2) is 0 Å². The van der Waals surface area contributed by atoms with Gasteiger partial charge in [-0.25, -0.2) is 9.59 Å². The molecule has 3 amide bonds. The number of nitrogens with two attached hydrogens (primary N) is 1. The average molecular weight is 275 g/mol. The van der Waals surface area contributed by atoms with Crippen LogP contribution in [0.1, 0.15) is 6.42 Å². The van der Waals surface area contributed by atoms with Crippen molar-refractivity contribution in [3.05, 3.63) is 0 Å². The molecular weight excluding hydrogens is 258 g/mol. The van der Waals surface area contributed by atoms with Crippen LogP contribution in [0.4, 0.5) is 4.79 Å². The maximum absolute atomic E-state index is 11.7. The summed E-state index contributed by atoms with van der Waals surface area (Å²) >= 11 is 0. The third-order valence-electron chi connectivity index (χ3n) is 2.59. The molecule has 1 aliphatic heterocycles. The molecule has 0 bridgehead atoms. The molecule has 9 nitrogen and oxygen atoms in total. The second-order valence-corrected chi connectivity index (χ2v) is 4.15. The van der Waals surface area contributed by atoms with Crippen molar-refractivity contribution in [2.24, 2.45) is 5.73 Å². The summed E-state index contributed by atoms with van der Waals surface area (Å²) in [5.74, 6) is -1.77. The first-order valence-corrected chi connectivity index (χ1v) is 5.73. The molecule has 1 rings (SSSR count). The minimum Gasteiger partial charge on any atom is -0.480 e. The van der Waals surface area contributed by atoms with Crippen LogP contribution in [0.2, 0.25) is 0 Å². The SMILES string of the molecule is NC(=O)COCCNC(=O)N1C[C@H](O)C[C@H]1C(=O)O. The van der Waals surface area contributed by atoms with Gasteiger partial charge in [-0.05, 0) is 0 Å². The van der Waals surface area contributed by atoms with Crippen molar-refractivity contribution in [3.63, 3.8) is 0 Å². The van der Waals surface area contributed by atoms with Crippen molar-refractivity contribution in [2.75, 3.05) is 26.3 Å². The van der Waals surface area contributed by atoms with Crippen LogP contribution in [0.3, 0.4) is 0 Å². The molecule has 0 spiro atoms. The van der Waals surface area contributed by atoms with E-state index in [9.17, 15) is 19.5 Å². The van der Waals surface area contributed by atoms with Crippen molar-refractivity contribution >= 4 is 17.9 Å². The number of carbonyl (C=O) groups excluding carboxylic acids is 2. The highest BCUT2D eigenvalue weighted by Crippen LogP contribution is 2.17. The molecule has 1 aliphatic rings. The van der Waals surface area contributed by atoms with E-state index in [1.807, 2.05) is 0 Å². The standard InChI is InChI=1S/C10H17N3O6/c11-8(15)5-19-2-1-12-10(18)13-4-6(14)3-7(13)9(16)17/h6-7,14H,1-5H2,(H2,11,15)(H,12,18)(H,16,17)/t6-,7+/m1/s1. The summed E-state index contributed by atoms with van der Waals surface area (Å²) in [6, 6.07) is -1.62. The molecule has 5 N–H and O–H groups in total. The zero-order valence-electron chi connectivity index (χ0n) is 10.2. The van der Waals surface area contributed by atoms with E-state index in [4.69, 9.17) is 15.6 Å². The third-order valence-corrected chi connectivity index (χ3v) is 2.59. The van der Waals surface area contributed by atoms with Crippen molar-refractivity contribution in [3.8, 4) is 0 Å². The number of carboxylic acid groups (broad SMARTS) is 1. The first-order valence-electron chi connectivity index (χ1n) is 5.73. The Kier molecular flexibility index (Phi) is 5.52. The summed E-state index contributed by atoms with van der Waals surface area (Å²) in [7, 11) is 0. The number of urea groups is 1. The molecule has 1 saturated heterocycles. The van der Waals surface area contributed by atoms with Gasteiger partial charge < -0.3 is 30.9 Å². The smallest absolute Gasteiger partial charge is 0.326 e. The molecule has 1 fully saturated rings. The Morgan fingerprint density at radius 2 is 2.11 bits per heavy atom. The van der Waals surface area contributed by atoms with Crippen molar-refractivity contribution in [2.45, 2.75) is 18.6 Å². The molecule has 0 aromatic heterocycles. The molecule has 1 heterocycles. The van der Waals surface area contributed by atoms with Crippen molar-refractivity contribution in [1.82, 2.24) is 10.2 Å². The van der Waals surface area contributed by atoms with Gasteiger partial charge >= 0.3 is 12.0 Å². The largest absolute Gasteiger partial charge is 0.480 e. The highest BCUT2D eigenvalue weighted by Gasteiger charge is 2.38. The predicted molar refractivity (Wildman–Crippen MR) is 62.2 cm³/mol. The van der Waals surface area contributed by atoms with Gasteiger partial charge in [0.25, 0.3) is 0 Å². The monoisotopic (exact) mass is 275 g/mol. The molecule has 108 valence electrons. The molecule has 2 atom stereocenters. The lowest BCUT2D eigenvalue weighted by Crippen LogP contribution is -2.47. The van der Waals surface area contributed by atoms with E-state index in [1.54, 1.807) is 0 Å². The van der Waals surface area contributed by atoms with Crippen LogP contribution in [0, 0.1) is 0 Å². The lowest BCUT2D eigenvalue weighted by Gasteiger charge is -2.21. The number of hydrogen-bond donors (Lipinski definition) is 4. The number of amides is 3. The summed E-state index contributed by atoms with van der Waals surface area (Å²) in [4.78, 5) is 34.0. The first-order chi connectivity index (χ1) is 8.91. The molecule has 0 aliphatic carbocycles. The molecular formula is C10H17N3O6. The molecule has 0 aromatic rings. The Morgan fingerprint density at radius 1 is 1.42 bits per heavy atom. The quantitative estimate of drug-likeness (QED) is 0.402. The number of carbonyl (C=O) groups is 3. The van der Waals surface area contributed by atoms with Crippen molar-refractivity contribution < 1.29 is 29.3 Å². The lowest BCUT2D eigenvalue weighted by molar-refractivity contribution is -0.141. The Morgan fingerprint density at radius 3 is 2.68 bits per heavy atom. The third kappa shape index (κ3) is 4.72. The Hall–Kier alpha value is -1.87. The van der Waals surface area contributed by atoms with Crippen molar-refractivity contribution in [1.29, 1.82) is 0 Å². The number of hydrogen-bond acceptors (Lipinski definition) is 5. The van der Waals surface area contributed by atoms with E-state index in [2.05, 4.69) is 5.32 Å². The van der Waals surface area contributed by atoms with Crippen LogP contribution < -0.4 is 11.1 Å². The van der Waals surface area contributed by atoms with E-state index in [1.165, 1.54) is 0 Å². The van der Waals surface area contributed by atoms with Gasteiger partial charge in [-0.3, -0.25) is 4.79 Å². The number of β-amino-alcohol motifs (C(OH)–C–C–N with tert-alkyl or cyclic N) is 1. The van der Waals surface area contributed by atoms with Crippen LogP contribution in [-0.4, -0.2) is 71.5 Å². The van der Waals surface area contributed by atoms with Gasteiger partial charge in [0.05, 0.1) is 12.7 Å². The average Bonchev–Trinajstić information content (AvgIpc) is 2.70. The number of primary amides is 1. The molecule has 0 unspecified atom stereocenters. The van der Waals surface area contributed by atoms with Crippen LogP contribution >= 0.6 is 0 Å². The van der Waals surface area contributed by atoms with Gasteiger partial charge in [-0.2, -0.15) is 0 Å². The van der Waals surface area contributed by atoms with E-state index < -0.39 is 30.1 Å². The fraction of sp³-hybridized carbons (Fsp3) is 0.700. The number of aliphatic hydroxyl groups is 1. The van der Waals surface area contributed by atoms with E-state index >= 15 is 0 Å². The maximum atomic E-state index is 11.7. The van der Waals surface area contributed by atoms with Gasteiger partial charge in [0.2, 0.25) is 5.91 Å². The Balaban J connectivity index is 2.32. The lowest BCUT2D eigenvalue weighted by atomic mass is 10.2. The normalized spacial score (nSPS) is 22.3. The second kappa shape index (κ2) is 6.90. The summed E-state index contributed by atoms with van der Waals surface area (Å²) in [5, 5.41) is 20.7.